The molecule has 7 nitrogen and oxygen atoms in total. The van der Waals surface area contributed by atoms with Crippen LogP contribution in [0.4, 0.5) is 0 Å². The minimum atomic E-state index is -0.0400. The first-order valence-corrected chi connectivity index (χ1v) is 11.3. The van der Waals surface area contributed by atoms with Crippen molar-refractivity contribution in [1.82, 2.24) is 29.9 Å². The first-order chi connectivity index (χ1) is 15.4. The standard InChI is InChI=1S/C24H26N6OS/c1-16-5-9-18(10-6-16)13-25-21(31)15-32-24-27-26-23(30(24)4)20-14-29(3)28-22(20)19-11-7-17(2)8-12-19/h5-12,14H,13,15H2,1-4H3,(H,25,31). The molecule has 32 heavy (non-hydrogen) atoms. The maximum absolute atomic E-state index is 12.3. The molecule has 2 aromatic carbocycles. The Hall–Kier alpha value is -3.39. The zero-order valence-corrected chi connectivity index (χ0v) is 19.5. The van der Waals surface area contributed by atoms with Crippen molar-refractivity contribution in [2.75, 3.05) is 5.75 Å². The van der Waals surface area contributed by atoms with E-state index in [-0.39, 0.29) is 11.7 Å². The first kappa shape index (κ1) is 21.8. The third-order valence-corrected chi connectivity index (χ3v) is 6.19. The number of carbonyl (C=O) groups excluding carboxylic acids is 1. The van der Waals surface area contributed by atoms with Crippen LogP contribution in [0, 0.1) is 13.8 Å². The summed E-state index contributed by atoms with van der Waals surface area (Å²) in [4.78, 5) is 12.3. The number of nitrogens with zero attached hydrogens (tertiary/aromatic N) is 5. The number of hydrogen-bond acceptors (Lipinski definition) is 5. The van der Waals surface area contributed by atoms with Crippen LogP contribution in [-0.2, 0) is 25.4 Å². The zero-order chi connectivity index (χ0) is 22.7. The minimum absolute atomic E-state index is 0.0400. The zero-order valence-electron chi connectivity index (χ0n) is 18.7. The smallest absolute Gasteiger partial charge is 0.230 e. The lowest BCUT2D eigenvalue weighted by Gasteiger charge is -2.06. The largest absolute Gasteiger partial charge is 0.351 e. The highest BCUT2D eigenvalue weighted by molar-refractivity contribution is 7.99. The van der Waals surface area contributed by atoms with Gasteiger partial charge >= 0.3 is 0 Å². The molecule has 4 rings (SSSR count). The highest BCUT2D eigenvalue weighted by atomic mass is 32.2. The fourth-order valence-corrected chi connectivity index (χ4v) is 4.08. The van der Waals surface area contributed by atoms with Crippen LogP contribution in [0.25, 0.3) is 22.6 Å². The number of benzene rings is 2. The fourth-order valence-electron chi connectivity index (χ4n) is 3.34. The van der Waals surface area contributed by atoms with Gasteiger partial charge in [-0.3, -0.25) is 9.48 Å². The van der Waals surface area contributed by atoms with Crippen molar-refractivity contribution < 1.29 is 4.79 Å². The Bertz CT molecular complexity index is 1220. The Kier molecular flexibility index (Phi) is 6.41. The lowest BCUT2D eigenvalue weighted by atomic mass is 10.1. The summed E-state index contributed by atoms with van der Waals surface area (Å²) in [5.74, 6) is 0.952. The van der Waals surface area contributed by atoms with Crippen LogP contribution in [0.1, 0.15) is 16.7 Å². The molecule has 2 aromatic heterocycles. The topological polar surface area (TPSA) is 77.6 Å². The van der Waals surface area contributed by atoms with Crippen LogP contribution < -0.4 is 5.32 Å². The molecule has 0 spiro atoms. The second-order valence-electron chi connectivity index (χ2n) is 7.85. The Labute approximate surface area is 191 Å². The third kappa shape index (κ3) is 4.91. The summed E-state index contributed by atoms with van der Waals surface area (Å²) in [6.07, 6.45) is 1.95. The molecule has 0 aliphatic heterocycles. The average molecular weight is 447 g/mol. The Morgan fingerprint density at radius 3 is 2.31 bits per heavy atom. The average Bonchev–Trinajstić information content (AvgIpc) is 3.34. The van der Waals surface area contributed by atoms with E-state index >= 15 is 0 Å². The van der Waals surface area contributed by atoms with Gasteiger partial charge in [0.1, 0.15) is 5.69 Å². The van der Waals surface area contributed by atoms with Gasteiger partial charge in [-0.15, -0.1) is 10.2 Å². The molecule has 0 bridgehead atoms. The van der Waals surface area contributed by atoms with Crippen LogP contribution in [0.5, 0.6) is 0 Å². The number of nitrogens with one attached hydrogen (secondary N) is 1. The first-order valence-electron chi connectivity index (χ1n) is 10.4. The summed E-state index contributed by atoms with van der Waals surface area (Å²) in [7, 11) is 3.80. The SMILES string of the molecule is Cc1ccc(CNC(=O)CSc2nnc(-c3cn(C)nc3-c3ccc(C)cc3)n2C)cc1. The lowest BCUT2D eigenvalue weighted by molar-refractivity contribution is -0.118. The molecule has 4 aromatic rings. The number of thioether (sulfide) groups is 1. The van der Waals surface area contributed by atoms with Crippen LogP contribution in [-0.4, -0.2) is 36.2 Å². The molecular weight excluding hydrogens is 420 g/mol. The summed E-state index contributed by atoms with van der Waals surface area (Å²) >= 11 is 1.37. The lowest BCUT2D eigenvalue weighted by Crippen LogP contribution is -2.24. The monoisotopic (exact) mass is 446 g/mol. The predicted octanol–water partition coefficient (Wildman–Crippen LogP) is 3.91. The highest BCUT2D eigenvalue weighted by Crippen LogP contribution is 2.31. The second-order valence-corrected chi connectivity index (χ2v) is 8.79. The maximum atomic E-state index is 12.3. The van der Waals surface area contributed by atoms with Crippen molar-refractivity contribution in [2.45, 2.75) is 25.5 Å². The van der Waals surface area contributed by atoms with Crippen molar-refractivity contribution in [1.29, 1.82) is 0 Å². The van der Waals surface area contributed by atoms with E-state index in [0.29, 0.717) is 11.7 Å². The Morgan fingerprint density at radius 1 is 0.969 bits per heavy atom. The van der Waals surface area contributed by atoms with Crippen LogP contribution in [0.15, 0.2) is 59.9 Å². The van der Waals surface area contributed by atoms with Gasteiger partial charge in [0.25, 0.3) is 0 Å². The van der Waals surface area contributed by atoms with Crippen LogP contribution >= 0.6 is 11.8 Å². The number of amides is 1. The molecule has 0 aliphatic rings. The summed E-state index contributed by atoms with van der Waals surface area (Å²) in [6.45, 7) is 4.62. The van der Waals surface area contributed by atoms with E-state index in [1.54, 1.807) is 4.68 Å². The van der Waals surface area contributed by atoms with E-state index in [1.165, 1.54) is 22.9 Å². The summed E-state index contributed by atoms with van der Waals surface area (Å²) in [6, 6.07) is 16.4. The number of aromatic nitrogens is 5. The van der Waals surface area contributed by atoms with Crippen LogP contribution in [0.2, 0.25) is 0 Å². The second kappa shape index (κ2) is 9.40. The quantitative estimate of drug-likeness (QED) is 0.436. The van der Waals surface area contributed by atoms with Crippen molar-refractivity contribution in [2.24, 2.45) is 14.1 Å². The maximum Gasteiger partial charge on any atom is 0.230 e. The van der Waals surface area contributed by atoms with Gasteiger partial charge < -0.3 is 9.88 Å². The van der Waals surface area contributed by atoms with E-state index in [2.05, 4.69) is 51.8 Å². The molecule has 164 valence electrons. The minimum Gasteiger partial charge on any atom is -0.351 e. The molecule has 0 radical (unpaired) electrons. The molecule has 2 heterocycles. The highest BCUT2D eigenvalue weighted by Gasteiger charge is 2.19. The van der Waals surface area contributed by atoms with Gasteiger partial charge in [-0.2, -0.15) is 5.10 Å². The van der Waals surface area contributed by atoms with E-state index < -0.39 is 0 Å². The van der Waals surface area contributed by atoms with Gasteiger partial charge in [0.05, 0.1) is 11.3 Å². The molecule has 0 saturated heterocycles. The van der Waals surface area contributed by atoms with Gasteiger partial charge in [0.15, 0.2) is 11.0 Å². The Morgan fingerprint density at radius 2 is 1.62 bits per heavy atom. The van der Waals surface area contributed by atoms with Crippen molar-refractivity contribution in [3.05, 3.63) is 71.4 Å². The molecular formula is C24H26N6OS. The van der Waals surface area contributed by atoms with Gasteiger partial charge in [0, 0.05) is 32.4 Å². The molecule has 0 aliphatic carbocycles. The van der Waals surface area contributed by atoms with E-state index in [1.807, 2.05) is 56.0 Å². The summed E-state index contributed by atoms with van der Waals surface area (Å²) in [5, 5.41) is 17.0. The van der Waals surface area contributed by atoms with E-state index in [9.17, 15) is 4.79 Å². The van der Waals surface area contributed by atoms with Gasteiger partial charge in [0.2, 0.25) is 5.91 Å². The molecule has 8 heteroatoms. The number of aryl methyl sites for hydroxylation is 3. The van der Waals surface area contributed by atoms with Crippen LogP contribution in [0.3, 0.4) is 0 Å². The Balaban J connectivity index is 1.44. The normalized spacial score (nSPS) is 11.0. The van der Waals surface area contributed by atoms with Gasteiger partial charge in [-0.25, -0.2) is 0 Å². The molecule has 1 amide bonds. The number of rotatable bonds is 7. The van der Waals surface area contributed by atoms with Crippen molar-refractivity contribution in [3.63, 3.8) is 0 Å². The molecule has 1 N–H and O–H groups in total. The number of carbonyl (C=O) groups is 1. The predicted molar refractivity (Wildman–Crippen MR) is 127 cm³/mol. The molecule has 0 saturated carbocycles. The van der Waals surface area contributed by atoms with Crippen molar-refractivity contribution >= 4 is 17.7 Å². The molecule has 0 atom stereocenters. The number of hydrogen-bond donors (Lipinski definition) is 1. The van der Waals surface area contributed by atoms with E-state index in [4.69, 9.17) is 0 Å². The third-order valence-electron chi connectivity index (χ3n) is 5.17. The molecule has 0 unspecified atom stereocenters. The van der Waals surface area contributed by atoms with Gasteiger partial charge in [-0.05, 0) is 19.4 Å². The van der Waals surface area contributed by atoms with Crippen molar-refractivity contribution in [3.8, 4) is 22.6 Å². The van der Waals surface area contributed by atoms with Gasteiger partial charge in [-0.1, -0.05) is 71.4 Å². The molecule has 0 fully saturated rings. The summed E-state index contributed by atoms with van der Waals surface area (Å²) in [5.41, 5.74) is 6.27. The fraction of sp³-hybridized carbons (Fsp3) is 0.250. The summed E-state index contributed by atoms with van der Waals surface area (Å²) < 4.78 is 3.69. The van der Waals surface area contributed by atoms with E-state index in [0.717, 1.165) is 28.2 Å².